The number of hydrogen-bond acceptors (Lipinski definition) is 15. The van der Waals surface area contributed by atoms with Gasteiger partial charge in [0.1, 0.15) is 11.4 Å². The van der Waals surface area contributed by atoms with Crippen molar-refractivity contribution in [2.75, 3.05) is 19.1 Å². The predicted molar refractivity (Wildman–Crippen MR) is 463 cm³/mol. The molecule has 0 saturated heterocycles. The standard InChI is InChI=1S/C19H16O2.C18H14O3.C18H14O2.C17H13NO2.C17H12O2.C16H11NO2/c1-12-7-8-14(9-13(12)2)10-15-11-18(20)16-5-3-4-6-17(16)19(15)21;1-21-14-8-6-12(7-9-14)10-13-11-17(19)15-4-2-3-5-16(15)18(13)20;1-12-6-8-13(9-7-12)10-14-11-17(19)15-4-2-3-5-16(15)18(14)20;1-18(12-7-3-2-4-8-12)15-11-16(19)13-9-5-6-10-14(13)17(15)20;18-16-11-13(10-12-6-2-1-3-7-12)17(19)15-9-5-4-8-14(15)16;18-14-10-12(9-11-5-2-1-3-6-11)16(19)13-7-4-8-17-15(13)14/h3-9,11H,10H2,1-2H3;2-9,11H,10H2,1H3;2-9,11H,10H2,1H3;2-11H,1H3;1-9,11H,10H2;1-8,10H,9H2. The number of carbonyl (C=O) groups is 12. The number of anilines is 1. The Labute approximate surface area is 694 Å². The van der Waals surface area contributed by atoms with E-state index in [1.807, 2.05) is 159 Å². The summed E-state index contributed by atoms with van der Waals surface area (Å²) in [5, 5.41) is 0. The maximum Gasteiger partial charge on any atom is 0.210 e. The van der Waals surface area contributed by atoms with Crippen molar-refractivity contribution in [3.05, 3.63) is 479 Å². The normalized spacial score (nSPS) is 13.9. The van der Waals surface area contributed by atoms with E-state index in [2.05, 4.69) is 24.9 Å². The number of methoxy groups -OCH3 is 1. The third kappa shape index (κ3) is 19.4. The lowest BCUT2D eigenvalue weighted by molar-refractivity contribution is 0.0979. The van der Waals surface area contributed by atoms with E-state index in [0.717, 1.165) is 39.3 Å². The van der Waals surface area contributed by atoms with E-state index in [1.165, 1.54) is 59.3 Å². The largest absolute Gasteiger partial charge is 0.497 e. The van der Waals surface area contributed by atoms with E-state index in [-0.39, 0.29) is 75.1 Å². The van der Waals surface area contributed by atoms with E-state index in [0.29, 0.717) is 127 Å². The molecule has 0 atom stereocenters. The number of rotatable bonds is 13. The zero-order chi connectivity index (χ0) is 84.5. The molecule has 0 aliphatic heterocycles. The number of ether oxygens (including phenoxy) is 1. The number of hydrogen-bond donors (Lipinski definition) is 0. The van der Waals surface area contributed by atoms with Crippen LogP contribution in [0.25, 0.3) is 0 Å². The molecule has 120 heavy (non-hydrogen) atoms. The van der Waals surface area contributed by atoms with Crippen LogP contribution in [0.5, 0.6) is 5.75 Å². The van der Waals surface area contributed by atoms with Crippen molar-refractivity contribution in [2.24, 2.45) is 0 Å². The number of fused-ring (bicyclic) bond motifs is 6. The monoisotopic (exact) mass is 1580 g/mol. The minimum Gasteiger partial charge on any atom is -0.497 e. The Morgan fingerprint density at radius 1 is 0.267 bits per heavy atom. The number of aryl methyl sites for hydroxylation is 3. The highest BCUT2D eigenvalue weighted by molar-refractivity contribution is 6.29. The summed E-state index contributed by atoms with van der Waals surface area (Å²) in [5.74, 6) is -0.313. The van der Waals surface area contributed by atoms with Crippen molar-refractivity contribution in [1.29, 1.82) is 0 Å². The topological polar surface area (TPSA) is 230 Å². The number of carbonyl (C=O) groups excluding carboxylic acids is 12. The van der Waals surface area contributed by atoms with Crippen LogP contribution >= 0.6 is 0 Å². The first-order valence-electron chi connectivity index (χ1n) is 38.9. The Morgan fingerprint density at radius 2 is 0.558 bits per heavy atom. The highest BCUT2D eigenvalue weighted by Gasteiger charge is 2.32. The van der Waals surface area contributed by atoms with Crippen molar-refractivity contribution in [1.82, 2.24) is 4.98 Å². The summed E-state index contributed by atoms with van der Waals surface area (Å²) in [6, 6.07) is 88.7. The molecule has 0 radical (unpaired) electrons. The molecule has 1 heterocycles. The number of nitrogens with zero attached hydrogens (tertiary/aromatic N) is 2. The van der Waals surface area contributed by atoms with Gasteiger partial charge < -0.3 is 9.64 Å². The molecular formula is C105H80N2O13. The fourth-order valence-electron chi connectivity index (χ4n) is 14.4. The molecule has 0 fully saturated rings. The molecule has 12 aromatic rings. The van der Waals surface area contributed by atoms with Crippen LogP contribution in [0, 0.1) is 20.8 Å². The van der Waals surface area contributed by atoms with Crippen LogP contribution in [-0.4, -0.2) is 88.5 Å². The van der Waals surface area contributed by atoms with Gasteiger partial charge in [0.15, 0.2) is 57.8 Å². The molecule has 6 aliphatic rings. The molecule has 588 valence electrons. The Hall–Kier alpha value is -15.4. The van der Waals surface area contributed by atoms with Crippen LogP contribution in [0.15, 0.2) is 367 Å². The summed E-state index contributed by atoms with van der Waals surface area (Å²) < 4.78 is 5.11. The minimum atomic E-state index is -0.193. The summed E-state index contributed by atoms with van der Waals surface area (Å²) >= 11 is 0. The first kappa shape index (κ1) is 82.6. The van der Waals surface area contributed by atoms with Gasteiger partial charge in [0.25, 0.3) is 0 Å². The Bertz CT molecular complexity index is 6190. The molecule has 6 aliphatic carbocycles. The van der Waals surface area contributed by atoms with Gasteiger partial charge >= 0.3 is 0 Å². The third-order valence-electron chi connectivity index (χ3n) is 21.0. The average Bonchev–Trinajstić information content (AvgIpc) is 0.795. The summed E-state index contributed by atoms with van der Waals surface area (Å²) in [6.45, 7) is 6.13. The molecule has 18 rings (SSSR count). The zero-order valence-corrected chi connectivity index (χ0v) is 66.5. The lowest BCUT2D eigenvalue weighted by Gasteiger charge is -2.24. The first-order chi connectivity index (χ1) is 58.1. The van der Waals surface area contributed by atoms with Gasteiger partial charge in [0.05, 0.1) is 18.4 Å². The van der Waals surface area contributed by atoms with E-state index in [1.54, 1.807) is 153 Å². The third-order valence-corrected chi connectivity index (χ3v) is 21.0. The second-order valence-electron chi connectivity index (χ2n) is 29.2. The number of para-hydroxylation sites is 1. The Balaban J connectivity index is 0.000000125. The van der Waals surface area contributed by atoms with Crippen molar-refractivity contribution in [3.63, 3.8) is 0 Å². The van der Waals surface area contributed by atoms with Gasteiger partial charge in [-0.1, -0.05) is 260 Å². The molecule has 0 N–H and O–H groups in total. The lowest BCUT2D eigenvalue weighted by Crippen LogP contribution is -2.28. The molecule has 0 amide bonds. The fraction of sp³-hybridized carbons (Fsp3) is 0.0952. The summed E-state index contributed by atoms with van der Waals surface area (Å²) in [5.41, 5.74) is 18.4. The van der Waals surface area contributed by atoms with Crippen molar-refractivity contribution >= 4 is 75.1 Å². The van der Waals surface area contributed by atoms with E-state index < -0.39 is 0 Å². The Morgan fingerprint density at radius 3 is 0.933 bits per heavy atom. The molecule has 0 unspecified atom stereocenters. The van der Waals surface area contributed by atoms with Gasteiger partial charge in [-0.25, -0.2) is 0 Å². The number of ketones is 12. The second-order valence-corrected chi connectivity index (χ2v) is 29.2. The average molecular weight is 1580 g/mol. The van der Waals surface area contributed by atoms with E-state index in [4.69, 9.17) is 4.74 Å². The fourth-order valence-corrected chi connectivity index (χ4v) is 14.4. The van der Waals surface area contributed by atoms with Gasteiger partial charge in [-0.05, 0) is 126 Å². The van der Waals surface area contributed by atoms with E-state index in [9.17, 15) is 57.5 Å². The van der Waals surface area contributed by atoms with Crippen LogP contribution in [0.4, 0.5) is 5.69 Å². The predicted octanol–water partition coefficient (Wildman–Crippen LogP) is 19.6. The van der Waals surface area contributed by atoms with Crippen molar-refractivity contribution in [3.8, 4) is 5.75 Å². The molecule has 11 aromatic carbocycles. The summed E-state index contributed by atoms with van der Waals surface area (Å²) in [7, 11) is 3.40. The van der Waals surface area contributed by atoms with Crippen LogP contribution in [-0.2, 0) is 32.1 Å². The van der Waals surface area contributed by atoms with Gasteiger partial charge in [-0.3, -0.25) is 62.5 Å². The zero-order valence-electron chi connectivity index (χ0n) is 66.5. The molecule has 15 nitrogen and oxygen atoms in total. The number of pyridine rings is 1. The SMILES string of the molecule is CN(C1=CC(=O)c2ccccc2C1=O)c1ccccc1.COc1ccc(CC2=CC(=O)c3ccccc3C2=O)cc1.Cc1ccc(CC2=CC(=O)c3ccccc3C2=O)cc1.Cc1ccc(CC2=CC(=O)c3ccccc3C2=O)cc1C.O=C1C(Cc2ccccc2)=CC(=O)c2ncccc21.O=C1C=C(Cc2ccccc2)C(=O)c2ccccc21. The smallest absolute Gasteiger partial charge is 0.210 e. The minimum absolute atomic E-state index is 0.0385. The highest BCUT2D eigenvalue weighted by atomic mass is 16.5. The molecule has 0 spiro atoms. The van der Waals surface area contributed by atoms with Crippen LogP contribution in [0.3, 0.4) is 0 Å². The quantitative estimate of drug-likeness (QED) is 0.104. The first-order valence-corrected chi connectivity index (χ1v) is 38.9. The second kappa shape index (κ2) is 37.9. The maximum absolute atomic E-state index is 12.5. The number of benzene rings is 11. The molecule has 1 aromatic heterocycles. The maximum atomic E-state index is 12.5. The molecule has 15 heteroatoms. The molecule has 0 saturated carbocycles. The van der Waals surface area contributed by atoms with Crippen molar-refractivity contribution in [2.45, 2.75) is 52.9 Å². The van der Waals surface area contributed by atoms with Crippen LogP contribution in [0.2, 0.25) is 0 Å². The number of Topliss-reactive ketones (excluding diaryl/α,β-unsaturated/α-hetero) is 6. The van der Waals surface area contributed by atoms with Gasteiger partial charge in [0, 0.05) is 141 Å². The number of likely N-dealkylation sites (N-methyl/N-ethyl adjacent to an activating group) is 1. The van der Waals surface area contributed by atoms with Gasteiger partial charge in [0.2, 0.25) is 11.6 Å². The molecule has 0 bridgehead atoms. The lowest BCUT2D eigenvalue weighted by atomic mass is 9.86. The Kier molecular flexibility index (Phi) is 26.1. The van der Waals surface area contributed by atoms with Gasteiger partial charge in [-0.15, -0.1) is 0 Å². The van der Waals surface area contributed by atoms with E-state index >= 15 is 0 Å². The van der Waals surface area contributed by atoms with Crippen LogP contribution in [0.1, 0.15) is 169 Å². The summed E-state index contributed by atoms with van der Waals surface area (Å²) in [4.78, 5) is 153. The van der Waals surface area contributed by atoms with Crippen LogP contribution < -0.4 is 9.64 Å². The van der Waals surface area contributed by atoms with Crippen molar-refractivity contribution < 1.29 is 62.3 Å². The molecular weight excluding hydrogens is 1500 g/mol. The van der Waals surface area contributed by atoms with Gasteiger partial charge in [-0.2, -0.15) is 0 Å². The number of allylic oxidation sites excluding steroid dienone is 12. The number of aromatic nitrogens is 1. The summed E-state index contributed by atoms with van der Waals surface area (Å²) in [6.07, 6.45) is 12.7. The highest BCUT2D eigenvalue weighted by Crippen LogP contribution is 2.32.